The molecule has 0 N–H and O–H groups in total. The lowest BCUT2D eigenvalue weighted by Gasteiger charge is -2.57. The van der Waals surface area contributed by atoms with Crippen molar-refractivity contribution >= 4 is 11.6 Å². The van der Waals surface area contributed by atoms with E-state index in [-0.39, 0.29) is 0 Å². The molecule has 4 fully saturated rings. The highest BCUT2D eigenvalue weighted by molar-refractivity contribution is 5.52. The number of aryl methyl sites for hydroxylation is 1. The first-order valence-electron chi connectivity index (χ1n) is 8.43. The standard InChI is InChI=1S/C17H20N6/c1-11-18-5-4-16(21-11)23-13-6-14(23)9-22(8-13)17-7-15(12-2-3-12)19-10-20-17/h4-5,7,10,12-14H,2-3,6,8-9H2,1H3. The molecule has 118 valence electrons. The van der Waals surface area contributed by atoms with E-state index < -0.39 is 0 Å². The third kappa shape index (κ3) is 2.24. The van der Waals surface area contributed by atoms with E-state index in [4.69, 9.17) is 0 Å². The summed E-state index contributed by atoms with van der Waals surface area (Å²) in [4.78, 5) is 22.6. The fourth-order valence-electron chi connectivity index (χ4n) is 3.90. The first kappa shape index (κ1) is 13.2. The summed E-state index contributed by atoms with van der Waals surface area (Å²) in [5, 5.41) is 0. The van der Waals surface area contributed by atoms with E-state index in [9.17, 15) is 0 Å². The van der Waals surface area contributed by atoms with Crippen molar-refractivity contribution in [2.45, 2.75) is 44.2 Å². The van der Waals surface area contributed by atoms with Crippen LogP contribution in [0.4, 0.5) is 11.6 Å². The second-order valence-corrected chi connectivity index (χ2v) is 6.89. The van der Waals surface area contributed by atoms with E-state index in [1.807, 2.05) is 19.2 Å². The van der Waals surface area contributed by atoms with E-state index in [0.29, 0.717) is 18.0 Å². The highest BCUT2D eigenvalue weighted by Gasteiger charge is 2.45. The Balaban J connectivity index is 1.35. The lowest BCUT2D eigenvalue weighted by molar-refractivity contribution is 0.287. The topological polar surface area (TPSA) is 58.0 Å². The number of piperazine rings is 1. The summed E-state index contributed by atoms with van der Waals surface area (Å²) in [5.41, 5.74) is 1.22. The molecule has 3 aliphatic heterocycles. The Hall–Kier alpha value is -2.24. The first-order chi connectivity index (χ1) is 11.3. The van der Waals surface area contributed by atoms with Gasteiger partial charge in [-0.3, -0.25) is 0 Å². The van der Waals surface area contributed by atoms with Crippen molar-refractivity contribution in [1.29, 1.82) is 0 Å². The minimum absolute atomic E-state index is 0.530. The van der Waals surface area contributed by atoms with Crippen LogP contribution >= 0.6 is 0 Å². The number of hydrogen-bond acceptors (Lipinski definition) is 6. The van der Waals surface area contributed by atoms with Crippen molar-refractivity contribution in [3.05, 3.63) is 36.2 Å². The van der Waals surface area contributed by atoms with E-state index in [1.54, 1.807) is 6.33 Å². The summed E-state index contributed by atoms with van der Waals surface area (Å²) in [6.07, 6.45) is 7.40. The molecule has 6 heteroatoms. The number of piperidine rings is 1. The molecule has 0 radical (unpaired) electrons. The molecule has 3 saturated heterocycles. The van der Waals surface area contributed by atoms with Crippen molar-refractivity contribution in [3.8, 4) is 0 Å². The predicted octanol–water partition coefficient (Wildman–Crippen LogP) is 1.92. The molecule has 1 saturated carbocycles. The second kappa shape index (κ2) is 4.88. The van der Waals surface area contributed by atoms with Gasteiger partial charge in [-0.1, -0.05) is 0 Å². The number of anilines is 2. The predicted molar refractivity (Wildman–Crippen MR) is 87.7 cm³/mol. The Morgan fingerprint density at radius 3 is 2.61 bits per heavy atom. The maximum atomic E-state index is 4.59. The molecule has 23 heavy (non-hydrogen) atoms. The number of nitrogens with zero attached hydrogens (tertiary/aromatic N) is 6. The van der Waals surface area contributed by atoms with Gasteiger partial charge in [-0.2, -0.15) is 0 Å². The summed E-state index contributed by atoms with van der Waals surface area (Å²) in [6, 6.07) is 5.28. The van der Waals surface area contributed by atoms with Crippen molar-refractivity contribution in [1.82, 2.24) is 19.9 Å². The van der Waals surface area contributed by atoms with Crippen LogP contribution in [0.25, 0.3) is 0 Å². The summed E-state index contributed by atoms with van der Waals surface area (Å²) in [7, 11) is 0. The fraction of sp³-hybridized carbons (Fsp3) is 0.529. The molecule has 2 bridgehead atoms. The highest BCUT2D eigenvalue weighted by Crippen LogP contribution is 2.41. The minimum Gasteiger partial charge on any atom is -0.352 e. The van der Waals surface area contributed by atoms with Crippen LogP contribution in [0, 0.1) is 6.92 Å². The maximum absolute atomic E-state index is 4.59. The summed E-state index contributed by atoms with van der Waals surface area (Å²) < 4.78 is 0. The van der Waals surface area contributed by atoms with Crippen LogP contribution in [0.2, 0.25) is 0 Å². The molecule has 2 unspecified atom stereocenters. The minimum atomic E-state index is 0.530. The fourth-order valence-corrected chi connectivity index (χ4v) is 3.90. The molecule has 5 heterocycles. The van der Waals surface area contributed by atoms with Gasteiger partial charge in [0.05, 0.1) is 12.1 Å². The highest BCUT2D eigenvalue weighted by atomic mass is 15.4. The van der Waals surface area contributed by atoms with E-state index in [1.165, 1.54) is 25.0 Å². The van der Waals surface area contributed by atoms with Gasteiger partial charge in [0, 0.05) is 37.0 Å². The number of rotatable bonds is 3. The van der Waals surface area contributed by atoms with Crippen LogP contribution in [0.1, 0.15) is 36.7 Å². The maximum Gasteiger partial charge on any atom is 0.132 e. The molecule has 0 aromatic carbocycles. The van der Waals surface area contributed by atoms with Crippen molar-refractivity contribution in [2.75, 3.05) is 22.9 Å². The van der Waals surface area contributed by atoms with Crippen molar-refractivity contribution in [2.24, 2.45) is 0 Å². The van der Waals surface area contributed by atoms with Gasteiger partial charge in [-0.25, -0.2) is 19.9 Å². The zero-order chi connectivity index (χ0) is 15.4. The van der Waals surface area contributed by atoms with Crippen molar-refractivity contribution in [3.63, 3.8) is 0 Å². The molecule has 2 atom stereocenters. The van der Waals surface area contributed by atoms with Gasteiger partial charge in [0.2, 0.25) is 0 Å². The number of fused-ring (bicyclic) bond motifs is 2. The van der Waals surface area contributed by atoms with Gasteiger partial charge in [-0.15, -0.1) is 0 Å². The molecular weight excluding hydrogens is 288 g/mol. The van der Waals surface area contributed by atoms with Crippen LogP contribution in [0.15, 0.2) is 24.7 Å². The summed E-state index contributed by atoms with van der Waals surface area (Å²) in [5.74, 6) is 3.68. The average molecular weight is 308 g/mol. The molecule has 6 nitrogen and oxygen atoms in total. The van der Waals surface area contributed by atoms with Crippen LogP contribution in [0.5, 0.6) is 0 Å². The van der Waals surface area contributed by atoms with E-state index in [0.717, 1.165) is 30.5 Å². The molecule has 6 rings (SSSR count). The van der Waals surface area contributed by atoms with Crippen LogP contribution in [0.3, 0.4) is 0 Å². The lowest BCUT2D eigenvalue weighted by Crippen LogP contribution is -2.69. The second-order valence-electron chi connectivity index (χ2n) is 6.89. The van der Waals surface area contributed by atoms with Gasteiger partial charge >= 0.3 is 0 Å². The Morgan fingerprint density at radius 1 is 1.04 bits per heavy atom. The molecule has 1 aliphatic carbocycles. The van der Waals surface area contributed by atoms with Gasteiger partial charge in [0.25, 0.3) is 0 Å². The molecular formula is C17H20N6. The van der Waals surface area contributed by atoms with Gasteiger partial charge in [0.15, 0.2) is 0 Å². The number of aromatic nitrogens is 4. The third-order valence-corrected chi connectivity index (χ3v) is 5.21. The normalized spacial score (nSPS) is 26.1. The average Bonchev–Trinajstić information content (AvgIpc) is 3.40. The van der Waals surface area contributed by atoms with E-state index >= 15 is 0 Å². The SMILES string of the molecule is Cc1nccc(N2C3CC2CN(c2cc(C4CC4)ncn2)C3)n1. The Bertz CT molecular complexity index is 731. The zero-order valence-corrected chi connectivity index (χ0v) is 13.3. The van der Waals surface area contributed by atoms with Crippen molar-refractivity contribution < 1.29 is 0 Å². The third-order valence-electron chi connectivity index (χ3n) is 5.21. The largest absolute Gasteiger partial charge is 0.352 e. The quantitative estimate of drug-likeness (QED) is 0.863. The van der Waals surface area contributed by atoms with Gasteiger partial charge in [0.1, 0.15) is 23.8 Å². The van der Waals surface area contributed by atoms with Crippen LogP contribution in [-0.2, 0) is 0 Å². The Morgan fingerprint density at radius 2 is 1.87 bits per heavy atom. The summed E-state index contributed by atoms with van der Waals surface area (Å²) >= 11 is 0. The molecule has 2 aromatic heterocycles. The molecule has 4 aliphatic rings. The van der Waals surface area contributed by atoms with Crippen LogP contribution in [-0.4, -0.2) is 45.1 Å². The Kier molecular flexibility index (Phi) is 2.80. The first-order valence-corrected chi connectivity index (χ1v) is 8.43. The smallest absolute Gasteiger partial charge is 0.132 e. The summed E-state index contributed by atoms with van der Waals surface area (Å²) in [6.45, 7) is 3.98. The number of hydrogen-bond donors (Lipinski definition) is 0. The van der Waals surface area contributed by atoms with Crippen LogP contribution < -0.4 is 9.80 Å². The molecule has 0 amide bonds. The Labute approximate surface area is 135 Å². The monoisotopic (exact) mass is 308 g/mol. The molecule has 2 aromatic rings. The zero-order valence-electron chi connectivity index (χ0n) is 13.3. The van der Waals surface area contributed by atoms with E-state index in [2.05, 4.69) is 35.8 Å². The molecule has 0 spiro atoms. The van der Waals surface area contributed by atoms with Gasteiger partial charge < -0.3 is 9.80 Å². The van der Waals surface area contributed by atoms with Gasteiger partial charge in [-0.05, 0) is 32.3 Å². The lowest BCUT2D eigenvalue weighted by atomic mass is 9.87.